The van der Waals surface area contributed by atoms with E-state index in [9.17, 15) is 24.2 Å². The molecule has 0 aromatic rings. The van der Waals surface area contributed by atoms with E-state index in [4.69, 9.17) is 5.73 Å². The molecule has 0 heterocycles. The van der Waals surface area contributed by atoms with Gasteiger partial charge in [-0.3, -0.25) is 14.4 Å². The number of nitrogens with one attached hydrogen (secondary N) is 2. The van der Waals surface area contributed by atoms with E-state index >= 15 is 0 Å². The zero-order chi connectivity index (χ0) is 20.6. The highest BCUT2D eigenvalue weighted by atomic mass is 31.2. The van der Waals surface area contributed by atoms with Crippen LogP contribution in [0.4, 0.5) is 0 Å². The van der Waals surface area contributed by atoms with Gasteiger partial charge in [-0.25, -0.2) is 9.79 Å². The number of hydrogen-bond donors (Lipinski definition) is 5. The molecule has 0 bridgehead atoms. The Bertz CT molecular complexity index is 521. The Hall–Kier alpha value is -1.08. The minimum absolute atomic E-state index is 0.0581. The van der Waals surface area contributed by atoms with Crippen LogP contribution in [0.3, 0.4) is 0 Å². The third-order valence-electron chi connectivity index (χ3n) is 4.94. The van der Waals surface area contributed by atoms with E-state index in [0.29, 0.717) is 0 Å². The van der Waals surface area contributed by atoms with Gasteiger partial charge in [0, 0.05) is 0 Å². The van der Waals surface area contributed by atoms with Gasteiger partial charge in [0.2, 0.25) is 11.8 Å². The first-order valence-electron chi connectivity index (χ1n) is 9.69. The Morgan fingerprint density at radius 1 is 1.07 bits per heavy atom. The lowest BCUT2D eigenvalue weighted by Gasteiger charge is -2.23. The molecule has 9 heteroatoms. The molecule has 0 saturated heterocycles. The number of hydrogen-bond acceptors (Lipinski definition) is 6. The van der Waals surface area contributed by atoms with Crippen LogP contribution in [0.2, 0.25) is 0 Å². The number of rotatable bonds is 10. The Kier molecular flexibility index (Phi) is 9.81. The van der Waals surface area contributed by atoms with Crippen molar-refractivity contribution < 1.29 is 24.2 Å². The molecule has 0 unspecified atom stereocenters. The van der Waals surface area contributed by atoms with Crippen LogP contribution in [0.25, 0.3) is 0 Å². The first kappa shape index (κ1) is 24.0. The molecular formula is C18H35N3O5P+. The minimum Gasteiger partial charge on any atom is -0.347 e. The fraction of sp³-hybridized carbons (Fsp3) is 0.833. The van der Waals surface area contributed by atoms with E-state index < -0.39 is 37.4 Å². The molecule has 0 radical (unpaired) electrons. The van der Waals surface area contributed by atoms with Crippen molar-refractivity contribution in [1.29, 1.82) is 0 Å². The summed E-state index contributed by atoms with van der Waals surface area (Å²) in [6.45, 7) is 4.83. The second kappa shape index (κ2) is 11.1. The Labute approximate surface area is 162 Å². The molecule has 0 spiro atoms. The quantitative estimate of drug-likeness (QED) is 0.337. The molecule has 2 atom stereocenters. The zero-order valence-electron chi connectivity index (χ0n) is 16.6. The Morgan fingerprint density at radius 2 is 1.67 bits per heavy atom. The molecule has 0 aliphatic heterocycles. The van der Waals surface area contributed by atoms with E-state index in [0.717, 1.165) is 25.7 Å². The van der Waals surface area contributed by atoms with Crippen LogP contribution in [-0.2, 0) is 14.4 Å². The molecule has 1 rings (SSSR count). The van der Waals surface area contributed by atoms with Gasteiger partial charge in [-0.1, -0.05) is 33.1 Å². The van der Waals surface area contributed by atoms with Crippen LogP contribution in [0.15, 0.2) is 0 Å². The predicted molar refractivity (Wildman–Crippen MR) is 106 cm³/mol. The number of carbonyl (C=O) groups excluding carboxylic acids is 3. The van der Waals surface area contributed by atoms with Crippen LogP contribution in [0, 0.1) is 11.8 Å². The molecule has 1 aliphatic carbocycles. The third-order valence-corrected chi connectivity index (χ3v) is 6.90. The lowest BCUT2D eigenvalue weighted by molar-refractivity contribution is -0.130. The standard InChI is InChI=1S/C18H34N3O5P/c1-12(2)16(19)18(24)21-13(3)17(23)20-9-15(22)11-27(25,26)10-14-7-5-4-6-8-14/h12-14,16,25-26H,4-11,19H2,1-3H3,(H-,20,21,23,24)/p+1/t13-,16+/m1/s1. The number of Topliss-reactive ketones (excluding diaryl/α,β-unsaturated/α-hetero) is 1. The van der Waals surface area contributed by atoms with Crippen LogP contribution in [0.1, 0.15) is 52.9 Å². The first-order chi connectivity index (χ1) is 12.5. The maximum absolute atomic E-state index is 12.0. The van der Waals surface area contributed by atoms with Crippen molar-refractivity contribution in [2.45, 2.75) is 65.0 Å². The zero-order valence-corrected chi connectivity index (χ0v) is 17.5. The van der Waals surface area contributed by atoms with Gasteiger partial charge in [0.1, 0.15) is 12.2 Å². The van der Waals surface area contributed by atoms with Crippen LogP contribution < -0.4 is 16.4 Å². The van der Waals surface area contributed by atoms with Crippen molar-refractivity contribution in [3.63, 3.8) is 0 Å². The summed E-state index contributed by atoms with van der Waals surface area (Å²) in [5, 5.41) is 4.94. The molecule has 156 valence electrons. The Balaban J connectivity index is 2.37. The van der Waals surface area contributed by atoms with E-state index in [1.807, 2.05) is 0 Å². The van der Waals surface area contributed by atoms with Crippen LogP contribution in [0.5, 0.6) is 0 Å². The van der Waals surface area contributed by atoms with Crippen molar-refractivity contribution in [1.82, 2.24) is 10.6 Å². The predicted octanol–water partition coefficient (Wildman–Crippen LogP) is 0.572. The molecule has 2 amide bonds. The highest BCUT2D eigenvalue weighted by molar-refractivity contribution is 7.65. The molecule has 8 nitrogen and oxygen atoms in total. The second-order valence-corrected chi connectivity index (χ2v) is 10.4. The third kappa shape index (κ3) is 9.10. The highest BCUT2D eigenvalue weighted by Gasteiger charge is 2.39. The van der Waals surface area contributed by atoms with Crippen molar-refractivity contribution in [2.24, 2.45) is 17.6 Å². The summed E-state index contributed by atoms with van der Waals surface area (Å²) in [5.41, 5.74) is 5.73. The van der Waals surface area contributed by atoms with Crippen molar-refractivity contribution in [3.05, 3.63) is 0 Å². The topological polar surface area (TPSA) is 142 Å². The molecule has 1 saturated carbocycles. The number of nitrogens with two attached hydrogens (primary N) is 1. The molecule has 0 aromatic carbocycles. The molecular weight excluding hydrogens is 369 g/mol. The highest BCUT2D eigenvalue weighted by Crippen LogP contribution is 2.52. The van der Waals surface area contributed by atoms with Crippen LogP contribution in [-0.4, -0.2) is 58.3 Å². The molecule has 0 aromatic heterocycles. The minimum atomic E-state index is -3.28. The van der Waals surface area contributed by atoms with Crippen molar-refractivity contribution in [3.8, 4) is 0 Å². The van der Waals surface area contributed by atoms with E-state index in [-0.39, 0.29) is 30.7 Å². The maximum Gasteiger partial charge on any atom is 0.275 e. The fourth-order valence-corrected chi connectivity index (χ4v) is 5.20. The van der Waals surface area contributed by atoms with E-state index in [1.54, 1.807) is 13.8 Å². The Morgan fingerprint density at radius 3 is 2.22 bits per heavy atom. The summed E-state index contributed by atoms with van der Waals surface area (Å²) in [6, 6.07) is -1.55. The fourth-order valence-electron chi connectivity index (χ4n) is 3.20. The van der Waals surface area contributed by atoms with E-state index in [2.05, 4.69) is 10.6 Å². The number of ketones is 1. The SMILES string of the molecule is CC(C)[C@H](N)C(=O)N[C@H](C)C(=O)NCC(=O)C[P+](O)(O)CC1CCCCC1. The monoisotopic (exact) mass is 404 g/mol. The number of carbonyl (C=O) groups is 3. The van der Waals surface area contributed by atoms with Gasteiger partial charge in [-0.05, 0) is 31.6 Å². The molecule has 1 aliphatic rings. The largest absolute Gasteiger partial charge is 0.347 e. The summed E-state index contributed by atoms with van der Waals surface area (Å²) in [4.78, 5) is 56.3. The number of amides is 2. The first-order valence-corrected chi connectivity index (χ1v) is 11.8. The van der Waals surface area contributed by atoms with Crippen molar-refractivity contribution >= 4 is 25.3 Å². The summed E-state index contributed by atoms with van der Waals surface area (Å²) < 4.78 is 0. The second-order valence-electron chi connectivity index (χ2n) is 7.98. The average Bonchev–Trinajstić information content (AvgIpc) is 2.58. The van der Waals surface area contributed by atoms with Crippen LogP contribution >= 0.6 is 7.72 Å². The van der Waals surface area contributed by atoms with Gasteiger partial charge in [0.15, 0.2) is 11.9 Å². The molecule has 27 heavy (non-hydrogen) atoms. The van der Waals surface area contributed by atoms with Crippen molar-refractivity contribution in [2.75, 3.05) is 18.9 Å². The summed E-state index contributed by atoms with van der Waals surface area (Å²) in [7, 11) is -3.28. The van der Waals surface area contributed by atoms with Gasteiger partial charge in [0.05, 0.1) is 12.6 Å². The van der Waals surface area contributed by atoms with Gasteiger partial charge < -0.3 is 16.4 Å². The summed E-state index contributed by atoms with van der Waals surface area (Å²) in [6.07, 6.45) is 5.29. The smallest absolute Gasteiger partial charge is 0.275 e. The lowest BCUT2D eigenvalue weighted by atomic mass is 9.91. The molecule has 1 fully saturated rings. The maximum atomic E-state index is 12.0. The normalized spacial score (nSPS) is 18.0. The lowest BCUT2D eigenvalue weighted by Crippen LogP contribution is -2.52. The van der Waals surface area contributed by atoms with Gasteiger partial charge >= 0.3 is 0 Å². The van der Waals surface area contributed by atoms with Gasteiger partial charge in [0.25, 0.3) is 7.72 Å². The summed E-state index contributed by atoms with van der Waals surface area (Å²) in [5.74, 6) is -1.15. The van der Waals surface area contributed by atoms with Gasteiger partial charge in [-0.2, -0.15) is 0 Å². The summed E-state index contributed by atoms with van der Waals surface area (Å²) >= 11 is 0. The average molecular weight is 404 g/mol. The van der Waals surface area contributed by atoms with Gasteiger partial charge in [-0.15, -0.1) is 0 Å². The van der Waals surface area contributed by atoms with E-state index in [1.165, 1.54) is 13.3 Å². The molecule has 6 N–H and O–H groups in total.